The molecule has 0 aliphatic carbocycles. The summed E-state index contributed by atoms with van der Waals surface area (Å²) >= 11 is 0. The van der Waals surface area contributed by atoms with Gasteiger partial charge in [0.1, 0.15) is 5.82 Å². The van der Waals surface area contributed by atoms with Crippen molar-refractivity contribution in [3.05, 3.63) is 23.5 Å². The van der Waals surface area contributed by atoms with Crippen LogP contribution in [0.25, 0.3) is 0 Å². The molecule has 1 aromatic rings. The van der Waals surface area contributed by atoms with Crippen molar-refractivity contribution in [1.82, 2.24) is 4.98 Å². The number of piperidine rings is 1. The normalized spacial score (nSPS) is 19.6. The second-order valence-electron chi connectivity index (χ2n) is 4.49. The maximum atomic E-state index is 10.3. The first-order valence-corrected chi connectivity index (χ1v) is 5.42. The molecule has 0 unspecified atom stereocenters. The largest absolute Gasteiger partial charge is 0.760 e. The predicted octanol–water partition coefficient (Wildman–Crippen LogP) is 1.34. The van der Waals surface area contributed by atoms with Crippen LogP contribution in [-0.2, 0) is 0 Å². The second kappa shape index (κ2) is 4.27. The number of rotatable bonds is 2. The number of aliphatic hydroxyl groups is 1. The zero-order chi connectivity index (χ0) is 11.6. The van der Waals surface area contributed by atoms with Crippen LogP contribution >= 0.6 is 0 Å². The standard InChI is InChI=1S/C11H16N3O2/c1-11(15)4-6-14(7-5-11)9-2-3-10(13-16)12-8-9/h2-3,8,15H,4-7H2,1H3,(H-,12,13,16)/q-1. The molecule has 1 fully saturated rings. The van der Waals surface area contributed by atoms with Gasteiger partial charge in [-0.1, -0.05) is 0 Å². The van der Waals surface area contributed by atoms with Crippen LogP contribution < -0.4 is 10.4 Å². The summed E-state index contributed by atoms with van der Waals surface area (Å²) in [6, 6.07) is 3.53. The van der Waals surface area contributed by atoms with Crippen molar-refractivity contribution in [2.45, 2.75) is 25.4 Å². The Hall–Kier alpha value is -1.33. The highest BCUT2D eigenvalue weighted by molar-refractivity contribution is 5.50. The minimum atomic E-state index is -0.541. The first-order valence-electron chi connectivity index (χ1n) is 5.42. The highest BCUT2D eigenvalue weighted by Crippen LogP contribution is 2.25. The lowest BCUT2D eigenvalue weighted by Gasteiger charge is -2.37. The Morgan fingerprint density at radius 2 is 2.12 bits per heavy atom. The summed E-state index contributed by atoms with van der Waals surface area (Å²) in [5, 5.41) is 20.2. The minimum absolute atomic E-state index is 0.327. The van der Waals surface area contributed by atoms with Gasteiger partial charge in [-0.25, -0.2) is 4.98 Å². The molecule has 1 aliphatic rings. The smallest absolute Gasteiger partial charge is 0.115 e. The molecule has 88 valence electrons. The van der Waals surface area contributed by atoms with Crippen molar-refractivity contribution < 1.29 is 5.11 Å². The topological polar surface area (TPSA) is 71.5 Å². The lowest BCUT2D eigenvalue weighted by molar-refractivity contribution is 0.0351. The van der Waals surface area contributed by atoms with Gasteiger partial charge in [0, 0.05) is 13.1 Å². The van der Waals surface area contributed by atoms with Gasteiger partial charge < -0.3 is 20.7 Å². The third-order valence-electron chi connectivity index (χ3n) is 3.06. The summed E-state index contributed by atoms with van der Waals surface area (Å²) in [7, 11) is 0. The Balaban J connectivity index is 2.03. The number of hydrogen-bond acceptors (Lipinski definition) is 5. The fourth-order valence-corrected chi connectivity index (χ4v) is 1.88. The minimum Gasteiger partial charge on any atom is -0.760 e. The molecule has 0 radical (unpaired) electrons. The third kappa shape index (κ3) is 2.43. The van der Waals surface area contributed by atoms with Gasteiger partial charge in [-0.05, 0) is 31.9 Å². The van der Waals surface area contributed by atoms with E-state index in [1.165, 1.54) is 0 Å². The Morgan fingerprint density at radius 1 is 1.44 bits per heavy atom. The van der Waals surface area contributed by atoms with Gasteiger partial charge in [0.15, 0.2) is 0 Å². The molecule has 2 N–H and O–H groups in total. The molecule has 1 aromatic heterocycles. The SMILES string of the molecule is CC1(O)CCN(c2ccc(N[O-])nc2)CC1. The van der Waals surface area contributed by atoms with Gasteiger partial charge in [0.2, 0.25) is 0 Å². The van der Waals surface area contributed by atoms with E-state index in [2.05, 4.69) is 9.88 Å². The molecule has 2 rings (SSSR count). The Kier molecular flexibility index (Phi) is 2.98. The average molecular weight is 222 g/mol. The van der Waals surface area contributed by atoms with Crippen molar-refractivity contribution in [2.75, 3.05) is 23.5 Å². The number of aromatic nitrogens is 1. The van der Waals surface area contributed by atoms with E-state index in [4.69, 9.17) is 0 Å². The Morgan fingerprint density at radius 3 is 2.62 bits per heavy atom. The van der Waals surface area contributed by atoms with Crippen molar-refractivity contribution in [3.63, 3.8) is 0 Å². The second-order valence-corrected chi connectivity index (χ2v) is 4.49. The van der Waals surface area contributed by atoms with Crippen LogP contribution in [0.4, 0.5) is 11.5 Å². The zero-order valence-electron chi connectivity index (χ0n) is 9.31. The molecule has 0 atom stereocenters. The molecule has 5 heteroatoms. The van der Waals surface area contributed by atoms with Crippen LogP contribution in [0, 0.1) is 5.21 Å². The van der Waals surface area contributed by atoms with E-state index in [0.29, 0.717) is 5.82 Å². The number of pyridine rings is 1. The number of anilines is 2. The van der Waals surface area contributed by atoms with E-state index in [-0.39, 0.29) is 0 Å². The van der Waals surface area contributed by atoms with Gasteiger partial charge in [0.05, 0.1) is 17.5 Å². The third-order valence-corrected chi connectivity index (χ3v) is 3.06. The first kappa shape index (κ1) is 11.2. The van der Waals surface area contributed by atoms with E-state index in [0.717, 1.165) is 31.6 Å². The summed E-state index contributed by atoms with van der Waals surface area (Å²) in [5.41, 5.74) is 2.20. The molecule has 0 spiro atoms. The number of hydrogen-bond donors (Lipinski definition) is 2. The number of nitrogens with one attached hydrogen (secondary N) is 1. The molecular weight excluding hydrogens is 206 g/mol. The van der Waals surface area contributed by atoms with Crippen LogP contribution in [-0.4, -0.2) is 28.8 Å². The summed E-state index contributed by atoms with van der Waals surface area (Å²) in [6.07, 6.45) is 3.20. The van der Waals surface area contributed by atoms with E-state index >= 15 is 0 Å². The van der Waals surface area contributed by atoms with Crippen molar-refractivity contribution in [2.24, 2.45) is 0 Å². The van der Waals surface area contributed by atoms with Crippen LogP contribution in [0.2, 0.25) is 0 Å². The van der Waals surface area contributed by atoms with Gasteiger partial charge in [0.25, 0.3) is 0 Å². The average Bonchev–Trinajstić information content (AvgIpc) is 2.29. The van der Waals surface area contributed by atoms with Gasteiger partial charge in [-0.2, -0.15) is 0 Å². The highest BCUT2D eigenvalue weighted by atomic mass is 16.5. The van der Waals surface area contributed by atoms with Crippen molar-refractivity contribution in [1.29, 1.82) is 0 Å². The van der Waals surface area contributed by atoms with Gasteiger partial charge in [-0.3, -0.25) is 0 Å². The maximum Gasteiger partial charge on any atom is 0.115 e. The summed E-state index contributed by atoms with van der Waals surface area (Å²) in [5.74, 6) is 0.327. The Labute approximate surface area is 94.7 Å². The molecule has 0 amide bonds. The van der Waals surface area contributed by atoms with Crippen LogP contribution in [0.3, 0.4) is 0 Å². The predicted molar refractivity (Wildman–Crippen MR) is 63.3 cm³/mol. The van der Waals surface area contributed by atoms with Crippen molar-refractivity contribution in [3.8, 4) is 0 Å². The quantitative estimate of drug-likeness (QED) is 0.739. The molecule has 0 aromatic carbocycles. The highest BCUT2D eigenvalue weighted by Gasteiger charge is 2.27. The maximum absolute atomic E-state index is 10.3. The summed E-state index contributed by atoms with van der Waals surface area (Å²) in [4.78, 5) is 6.15. The number of nitrogens with zero attached hydrogens (tertiary/aromatic N) is 2. The fourth-order valence-electron chi connectivity index (χ4n) is 1.88. The molecule has 1 aliphatic heterocycles. The fraction of sp³-hybridized carbons (Fsp3) is 0.545. The van der Waals surface area contributed by atoms with E-state index < -0.39 is 5.60 Å². The lowest BCUT2D eigenvalue weighted by atomic mass is 9.94. The first-order chi connectivity index (χ1) is 7.61. The molecule has 0 saturated carbocycles. The van der Waals surface area contributed by atoms with Gasteiger partial charge in [-0.15, -0.1) is 0 Å². The monoisotopic (exact) mass is 222 g/mol. The molecule has 0 bridgehead atoms. The van der Waals surface area contributed by atoms with Crippen molar-refractivity contribution >= 4 is 11.5 Å². The van der Waals surface area contributed by atoms with E-state index in [9.17, 15) is 10.3 Å². The summed E-state index contributed by atoms with van der Waals surface area (Å²) < 4.78 is 0. The molecule has 16 heavy (non-hydrogen) atoms. The zero-order valence-corrected chi connectivity index (χ0v) is 9.31. The molecular formula is C11H16N3O2-. The van der Waals surface area contributed by atoms with Crippen LogP contribution in [0.1, 0.15) is 19.8 Å². The van der Waals surface area contributed by atoms with E-state index in [1.54, 1.807) is 17.7 Å². The Bertz CT molecular complexity index is 341. The molecule has 5 nitrogen and oxygen atoms in total. The van der Waals surface area contributed by atoms with Gasteiger partial charge >= 0.3 is 0 Å². The van der Waals surface area contributed by atoms with E-state index in [1.807, 2.05) is 13.0 Å². The molecule has 2 heterocycles. The van der Waals surface area contributed by atoms with Crippen LogP contribution in [0.5, 0.6) is 0 Å². The lowest BCUT2D eigenvalue weighted by Crippen LogP contribution is -2.42. The summed E-state index contributed by atoms with van der Waals surface area (Å²) in [6.45, 7) is 3.50. The van der Waals surface area contributed by atoms with Crippen LogP contribution in [0.15, 0.2) is 18.3 Å². The molecule has 1 saturated heterocycles.